The number of benzene rings is 3. The minimum absolute atomic E-state index is 0.273. The number of rotatable bonds is 9. The van der Waals surface area contributed by atoms with Crippen molar-refractivity contribution in [1.82, 2.24) is 14.7 Å². The molecular formula is C30H36ClN3. The summed E-state index contributed by atoms with van der Waals surface area (Å²) < 4.78 is 0. The monoisotopic (exact) mass is 473 g/mol. The van der Waals surface area contributed by atoms with E-state index >= 15 is 0 Å². The molecule has 0 bridgehead atoms. The van der Waals surface area contributed by atoms with E-state index in [1.54, 1.807) is 0 Å². The van der Waals surface area contributed by atoms with Gasteiger partial charge in [0.15, 0.2) is 0 Å². The topological polar surface area (TPSA) is 9.72 Å². The third kappa shape index (κ3) is 6.80. The van der Waals surface area contributed by atoms with Gasteiger partial charge in [-0.2, -0.15) is 0 Å². The summed E-state index contributed by atoms with van der Waals surface area (Å²) in [5.41, 5.74) is 5.05. The van der Waals surface area contributed by atoms with Gasteiger partial charge in [0.1, 0.15) is 0 Å². The van der Waals surface area contributed by atoms with Gasteiger partial charge in [0.25, 0.3) is 0 Å². The highest BCUT2D eigenvalue weighted by Gasteiger charge is 2.19. The van der Waals surface area contributed by atoms with E-state index in [-0.39, 0.29) is 6.04 Å². The van der Waals surface area contributed by atoms with Crippen molar-refractivity contribution >= 4 is 17.2 Å². The van der Waals surface area contributed by atoms with Crippen LogP contribution >= 0.6 is 11.6 Å². The number of nitrogens with zero attached hydrogens (tertiary/aromatic N) is 3. The first-order chi connectivity index (χ1) is 16.6. The molecule has 1 heterocycles. The van der Waals surface area contributed by atoms with Gasteiger partial charge >= 0.3 is 0 Å². The molecule has 3 aromatic rings. The molecule has 0 saturated carbocycles. The number of likely N-dealkylation sites (N-methyl/N-ethyl adjacent to an activating group) is 1. The Hall–Kier alpha value is -2.43. The summed E-state index contributed by atoms with van der Waals surface area (Å²) in [5, 5.41) is 0.799. The lowest BCUT2D eigenvalue weighted by Crippen LogP contribution is -2.47. The van der Waals surface area contributed by atoms with Crippen LogP contribution in [-0.2, 0) is 0 Å². The fourth-order valence-corrected chi connectivity index (χ4v) is 4.81. The van der Waals surface area contributed by atoms with Gasteiger partial charge in [0.05, 0.1) is 0 Å². The third-order valence-electron chi connectivity index (χ3n) is 6.88. The molecule has 34 heavy (non-hydrogen) atoms. The van der Waals surface area contributed by atoms with Gasteiger partial charge in [0, 0.05) is 56.9 Å². The van der Waals surface area contributed by atoms with Crippen LogP contribution in [0, 0.1) is 0 Å². The average Bonchev–Trinajstić information content (AvgIpc) is 2.88. The molecule has 1 saturated heterocycles. The predicted octanol–water partition coefficient (Wildman–Crippen LogP) is 6.08. The maximum Gasteiger partial charge on any atom is 0.0409 e. The normalized spacial score (nSPS) is 15.9. The van der Waals surface area contributed by atoms with Crippen LogP contribution in [-0.4, -0.2) is 67.6 Å². The Bertz CT molecular complexity index is 1000. The molecule has 0 amide bonds. The van der Waals surface area contributed by atoms with Crippen molar-refractivity contribution in [2.75, 3.05) is 52.9 Å². The summed E-state index contributed by atoms with van der Waals surface area (Å²) in [5.74, 6) is 0. The molecule has 4 rings (SSSR count). The fourth-order valence-electron chi connectivity index (χ4n) is 4.61. The molecule has 0 spiro atoms. The van der Waals surface area contributed by atoms with Gasteiger partial charge in [0.2, 0.25) is 0 Å². The van der Waals surface area contributed by atoms with Gasteiger partial charge in [-0.05, 0) is 48.4 Å². The largest absolute Gasteiger partial charge is 0.304 e. The van der Waals surface area contributed by atoms with Crippen molar-refractivity contribution in [1.29, 1.82) is 0 Å². The van der Waals surface area contributed by atoms with Crippen LogP contribution < -0.4 is 0 Å². The second-order valence-electron chi connectivity index (χ2n) is 9.22. The zero-order valence-electron chi connectivity index (χ0n) is 20.4. The van der Waals surface area contributed by atoms with Crippen LogP contribution in [0.15, 0.2) is 91.0 Å². The van der Waals surface area contributed by atoms with E-state index in [1.165, 1.54) is 22.3 Å². The highest BCUT2D eigenvalue weighted by atomic mass is 35.5. The second kappa shape index (κ2) is 12.3. The van der Waals surface area contributed by atoms with Gasteiger partial charge in [-0.25, -0.2) is 0 Å². The maximum atomic E-state index is 6.35. The standard InChI is InChI=1S/C30H36ClN3/c1-25(28-14-9-15-29(31)24-28)34(23-22-33-20-18-32(2)19-21-33)17-16-30(26-10-5-3-6-11-26)27-12-7-4-8-13-27/h3-16,24-25H,17-23H2,1-2H3. The van der Waals surface area contributed by atoms with Crippen molar-refractivity contribution in [3.05, 3.63) is 113 Å². The molecule has 0 aliphatic carbocycles. The minimum atomic E-state index is 0.273. The lowest BCUT2D eigenvalue weighted by atomic mass is 9.97. The number of hydrogen-bond acceptors (Lipinski definition) is 3. The van der Waals surface area contributed by atoms with Crippen molar-refractivity contribution in [2.24, 2.45) is 0 Å². The Morgan fingerprint density at radius 2 is 1.50 bits per heavy atom. The zero-order valence-corrected chi connectivity index (χ0v) is 21.2. The highest BCUT2D eigenvalue weighted by Crippen LogP contribution is 2.26. The molecule has 0 N–H and O–H groups in total. The molecule has 4 heteroatoms. The first-order valence-electron chi connectivity index (χ1n) is 12.3. The lowest BCUT2D eigenvalue weighted by molar-refractivity contribution is 0.127. The molecular weight excluding hydrogens is 438 g/mol. The Kier molecular flexibility index (Phi) is 8.95. The van der Waals surface area contributed by atoms with Crippen LogP contribution in [0.5, 0.6) is 0 Å². The average molecular weight is 474 g/mol. The lowest BCUT2D eigenvalue weighted by Gasteiger charge is -2.35. The highest BCUT2D eigenvalue weighted by molar-refractivity contribution is 6.30. The molecule has 1 aliphatic rings. The second-order valence-corrected chi connectivity index (χ2v) is 9.66. The van der Waals surface area contributed by atoms with Gasteiger partial charge in [-0.15, -0.1) is 0 Å². The third-order valence-corrected chi connectivity index (χ3v) is 7.11. The molecule has 0 aromatic heterocycles. The van der Waals surface area contributed by atoms with Crippen molar-refractivity contribution < 1.29 is 0 Å². The van der Waals surface area contributed by atoms with E-state index in [9.17, 15) is 0 Å². The summed E-state index contributed by atoms with van der Waals surface area (Å²) >= 11 is 6.35. The summed E-state index contributed by atoms with van der Waals surface area (Å²) in [6.07, 6.45) is 2.40. The summed E-state index contributed by atoms with van der Waals surface area (Å²) in [6.45, 7) is 9.86. The van der Waals surface area contributed by atoms with Crippen molar-refractivity contribution in [3.8, 4) is 0 Å². The molecule has 1 unspecified atom stereocenters. The van der Waals surface area contributed by atoms with E-state index in [0.717, 1.165) is 50.8 Å². The molecule has 1 aliphatic heterocycles. The molecule has 0 radical (unpaired) electrons. The SMILES string of the molecule is CC(c1cccc(Cl)c1)N(CC=C(c1ccccc1)c1ccccc1)CCN1CCN(C)CC1. The van der Waals surface area contributed by atoms with E-state index in [4.69, 9.17) is 11.6 Å². The van der Waals surface area contributed by atoms with E-state index in [2.05, 4.69) is 114 Å². The molecule has 178 valence electrons. The molecule has 1 atom stereocenters. The number of hydrogen-bond donors (Lipinski definition) is 0. The van der Waals surface area contributed by atoms with E-state index in [1.807, 2.05) is 6.07 Å². The Morgan fingerprint density at radius 3 is 2.09 bits per heavy atom. The molecule has 3 nitrogen and oxygen atoms in total. The molecule has 1 fully saturated rings. The minimum Gasteiger partial charge on any atom is -0.304 e. The first-order valence-corrected chi connectivity index (χ1v) is 12.7. The van der Waals surface area contributed by atoms with Crippen LogP contribution in [0.25, 0.3) is 5.57 Å². The zero-order chi connectivity index (χ0) is 23.8. The molecule has 3 aromatic carbocycles. The Balaban J connectivity index is 1.58. The quantitative estimate of drug-likeness (QED) is 0.372. The number of piperazine rings is 1. The number of halogens is 1. The Morgan fingerprint density at radius 1 is 0.882 bits per heavy atom. The smallest absolute Gasteiger partial charge is 0.0409 e. The summed E-state index contributed by atoms with van der Waals surface area (Å²) in [6, 6.07) is 30.0. The van der Waals surface area contributed by atoms with Crippen LogP contribution in [0.4, 0.5) is 0 Å². The first kappa shape index (κ1) is 24.7. The van der Waals surface area contributed by atoms with Gasteiger partial charge in [-0.3, -0.25) is 9.80 Å². The van der Waals surface area contributed by atoms with Crippen LogP contribution in [0.1, 0.15) is 29.7 Å². The van der Waals surface area contributed by atoms with Crippen LogP contribution in [0.2, 0.25) is 5.02 Å². The predicted molar refractivity (Wildman–Crippen MR) is 145 cm³/mol. The van der Waals surface area contributed by atoms with Gasteiger partial charge in [-0.1, -0.05) is 90.5 Å². The van der Waals surface area contributed by atoms with E-state index in [0.29, 0.717) is 0 Å². The van der Waals surface area contributed by atoms with E-state index < -0.39 is 0 Å². The van der Waals surface area contributed by atoms with Crippen LogP contribution in [0.3, 0.4) is 0 Å². The fraction of sp³-hybridized carbons (Fsp3) is 0.333. The summed E-state index contributed by atoms with van der Waals surface area (Å²) in [7, 11) is 2.21. The van der Waals surface area contributed by atoms with Crippen molar-refractivity contribution in [2.45, 2.75) is 13.0 Å². The summed E-state index contributed by atoms with van der Waals surface area (Å²) in [4.78, 5) is 7.59. The van der Waals surface area contributed by atoms with Crippen molar-refractivity contribution in [3.63, 3.8) is 0 Å². The Labute approximate surface area is 210 Å². The van der Waals surface area contributed by atoms with Gasteiger partial charge < -0.3 is 4.90 Å². The maximum absolute atomic E-state index is 6.35.